The van der Waals surface area contributed by atoms with Crippen LogP contribution in [0.15, 0.2) is 12.1 Å². The van der Waals surface area contributed by atoms with Gasteiger partial charge < -0.3 is 29.6 Å². The number of carboxylic acid groups (broad SMARTS) is 1. The molecule has 0 bridgehead atoms. The number of fused-ring (bicyclic) bond motifs is 1. The Kier molecular flexibility index (Phi) is 12.2. The molecule has 35 heavy (non-hydrogen) atoms. The van der Waals surface area contributed by atoms with E-state index in [4.69, 9.17) is 24.4 Å². The number of benzene rings is 1. The van der Waals surface area contributed by atoms with Gasteiger partial charge in [-0.15, -0.1) is 0 Å². The Hall–Kier alpha value is -2.45. The van der Waals surface area contributed by atoms with Crippen molar-refractivity contribution in [3.8, 4) is 5.75 Å². The third-order valence-corrected chi connectivity index (χ3v) is 7.29. The molecule has 8 heteroatoms. The monoisotopic (exact) mass is 489 g/mol. The van der Waals surface area contributed by atoms with Gasteiger partial charge in [-0.3, -0.25) is 4.79 Å². The third-order valence-electron chi connectivity index (χ3n) is 7.29. The summed E-state index contributed by atoms with van der Waals surface area (Å²) in [4.78, 5) is 21.5. The quantitative estimate of drug-likeness (QED) is 0.485. The first kappa shape index (κ1) is 28.8. The van der Waals surface area contributed by atoms with Crippen LogP contribution in [0.4, 0.5) is 0 Å². The molecule has 1 saturated heterocycles. The van der Waals surface area contributed by atoms with E-state index in [1.807, 2.05) is 19.9 Å². The minimum absolute atomic E-state index is 0.250. The summed E-state index contributed by atoms with van der Waals surface area (Å²) in [5.74, 6) is 2.30. The Balaban J connectivity index is 0.000000803. The second-order valence-electron chi connectivity index (χ2n) is 9.78. The van der Waals surface area contributed by atoms with Gasteiger partial charge in [0.05, 0.1) is 17.1 Å². The van der Waals surface area contributed by atoms with E-state index < -0.39 is 0 Å². The Morgan fingerprint density at radius 3 is 2.63 bits per heavy atom. The molecule has 3 N–H and O–H groups in total. The molecular weight excluding hydrogens is 446 g/mol. The van der Waals surface area contributed by atoms with Crippen molar-refractivity contribution in [2.75, 3.05) is 13.7 Å². The maximum atomic E-state index is 10.7. The van der Waals surface area contributed by atoms with Crippen LogP contribution in [0.5, 0.6) is 5.75 Å². The van der Waals surface area contributed by atoms with Crippen LogP contribution in [-0.4, -0.2) is 58.8 Å². The van der Waals surface area contributed by atoms with Crippen molar-refractivity contribution in [1.82, 2.24) is 14.9 Å². The van der Waals surface area contributed by atoms with Crippen LogP contribution < -0.4 is 5.32 Å². The number of hydrogen-bond acceptors (Lipinski definition) is 6. The largest absolute Gasteiger partial charge is 0.508 e. The summed E-state index contributed by atoms with van der Waals surface area (Å²) in [5.41, 5.74) is 3.20. The van der Waals surface area contributed by atoms with Crippen molar-refractivity contribution in [3.63, 3.8) is 0 Å². The van der Waals surface area contributed by atoms with Crippen molar-refractivity contribution in [3.05, 3.63) is 23.5 Å². The highest BCUT2D eigenvalue weighted by molar-refractivity contribution is 5.82. The second-order valence-corrected chi connectivity index (χ2v) is 9.78. The normalized spacial score (nSPS) is 22.9. The number of aromatic hydroxyl groups is 1. The number of phenolic OH excluding ortho intramolecular Hbond substituents is 1. The molecule has 1 saturated carbocycles. The zero-order chi connectivity index (χ0) is 25.8. The predicted molar refractivity (Wildman–Crippen MR) is 138 cm³/mol. The van der Waals surface area contributed by atoms with Crippen molar-refractivity contribution in [2.45, 2.75) is 96.2 Å². The molecule has 0 spiro atoms. The molecule has 4 atom stereocenters. The number of phenols is 1. The molecule has 2 fully saturated rings. The highest BCUT2D eigenvalue weighted by Crippen LogP contribution is 2.38. The highest BCUT2D eigenvalue weighted by atomic mass is 16.5. The molecule has 1 aromatic heterocycles. The number of ether oxygens (including phenoxy) is 1. The molecule has 4 unspecified atom stereocenters. The lowest BCUT2D eigenvalue weighted by atomic mass is 9.86. The molecule has 8 nitrogen and oxygen atoms in total. The Bertz CT molecular complexity index is 910. The number of imidazole rings is 1. The van der Waals surface area contributed by atoms with Crippen LogP contribution in [0.1, 0.15) is 82.6 Å². The maximum Gasteiger partial charge on any atom is 0.290 e. The van der Waals surface area contributed by atoms with E-state index in [0.29, 0.717) is 17.8 Å². The zero-order valence-corrected chi connectivity index (χ0v) is 21.5. The summed E-state index contributed by atoms with van der Waals surface area (Å²) in [6.45, 7) is 7.19. The van der Waals surface area contributed by atoms with Crippen LogP contribution in [0, 0.1) is 5.92 Å². The van der Waals surface area contributed by atoms with Crippen LogP contribution >= 0.6 is 0 Å². The number of carbonyl (C=O) groups excluding carboxylic acids is 1. The second kappa shape index (κ2) is 14.8. The fourth-order valence-corrected chi connectivity index (χ4v) is 5.37. The van der Waals surface area contributed by atoms with Crippen molar-refractivity contribution in [2.24, 2.45) is 5.92 Å². The molecule has 2 aromatic rings. The van der Waals surface area contributed by atoms with Gasteiger partial charge in [0, 0.05) is 30.7 Å². The summed E-state index contributed by atoms with van der Waals surface area (Å²) in [6.07, 6.45) is 11.6. The Morgan fingerprint density at radius 2 is 2.00 bits per heavy atom. The standard InChI is InChI=1S/C25H39N3O2.CH2O2.CH2O/c1-17-7-6-8-19(15-17)28-22-12-13-23(29)21(11-10-18(2)26-3)25(22)27-24(28)16-20-9-4-5-14-30-20;2-1-3;1-2/h12-13,17-20,26,29H,4-11,14-16H2,1-3H3;1H,(H,2,3);1H2. The van der Waals surface area contributed by atoms with Gasteiger partial charge in [-0.05, 0) is 77.0 Å². The van der Waals surface area contributed by atoms with E-state index >= 15 is 0 Å². The number of rotatable bonds is 7. The van der Waals surface area contributed by atoms with Gasteiger partial charge in [-0.1, -0.05) is 19.8 Å². The van der Waals surface area contributed by atoms with Gasteiger partial charge in [0.25, 0.3) is 6.47 Å². The summed E-state index contributed by atoms with van der Waals surface area (Å²) >= 11 is 0. The maximum absolute atomic E-state index is 10.7. The van der Waals surface area contributed by atoms with Crippen LogP contribution in [0.2, 0.25) is 0 Å². The van der Waals surface area contributed by atoms with E-state index in [-0.39, 0.29) is 12.6 Å². The highest BCUT2D eigenvalue weighted by Gasteiger charge is 2.28. The minimum Gasteiger partial charge on any atom is -0.508 e. The first-order valence-corrected chi connectivity index (χ1v) is 12.9. The predicted octanol–water partition coefficient (Wildman–Crippen LogP) is 4.66. The molecule has 4 rings (SSSR count). The van der Waals surface area contributed by atoms with E-state index in [2.05, 4.69) is 29.8 Å². The fraction of sp³-hybridized carbons (Fsp3) is 0.667. The third kappa shape index (κ3) is 7.77. The molecule has 1 aliphatic heterocycles. The van der Waals surface area contributed by atoms with E-state index in [9.17, 15) is 5.11 Å². The smallest absolute Gasteiger partial charge is 0.290 e. The zero-order valence-electron chi connectivity index (χ0n) is 21.5. The number of carbonyl (C=O) groups is 2. The number of nitrogens with zero attached hydrogens (tertiary/aromatic N) is 2. The summed E-state index contributed by atoms with van der Waals surface area (Å²) in [6, 6.07) is 4.89. The molecule has 0 amide bonds. The van der Waals surface area contributed by atoms with Gasteiger partial charge in [-0.2, -0.15) is 0 Å². The lowest BCUT2D eigenvalue weighted by Crippen LogP contribution is -2.25. The van der Waals surface area contributed by atoms with Gasteiger partial charge >= 0.3 is 0 Å². The van der Waals surface area contributed by atoms with Gasteiger partial charge in [-0.25, -0.2) is 4.98 Å². The summed E-state index contributed by atoms with van der Waals surface area (Å²) in [7, 11) is 1.99. The first-order chi connectivity index (χ1) is 17.0. The fourth-order valence-electron chi connectivity index (χ4n) is 5.37. The van der Waals surface area contributed by atoms with E-state index in [1.54, 1.807) is 0 Å². The molecule has 2 heterocycles. The van der Waals surface area contributed by atoms with Gasteiger partial charge in [0.15, 0.2) is 0 Å². The Morgan fingerprint density at radius 1 is 1.26 bits per heavy atom. The SMILES string of the molecule is C=O.CNC(C)CCc1c(O)ccc2c1nc(CC1CCCCO1)n2C1CCCC(C)C1.O=CO. The summed E-state index contributed by atoms with van der Waals surface area (Å²) in [5, 5.41) is 20.9. The Labute approximate surface area is 209 Å². The number of aromatic nitrogens is 2. The van der Waals surface area contributed by atoms with Crippen LogP contribution in [0.25, 0.3) is 11.0 Å². The van der Waals surface area contributed by atoms with Gasteiger partial charge in [0.1, 0.15) is 18.4 Å². The summed E-state index contributed by atoms with van der Waals surface area (Å²) < 4.78 is 8.60. The number of hydrogen-bond donors (Lipinski definition) is 3. The van der Waals surface area contributed by atoms with Gasteiger partial charge in [0.2, 0.25) is 0 Å². The molecule has 1 aliphatic carbocycles. The van der Waals surface area contributed by atoms with Crippen LogP contribution in [-0.2, 0) is 27.2 Å². The first-order valence-electron chi connectivity index (χ1n) is 12.9. The molecule has 0 radical (unpaired) electrons. The number of nitrogens with one attached hydrogen (secondary N) is 1. The van der Waals surface area contributed by atoms with Crippen LogP contribution in [0.3, 0.4) is 0 Å². The van der Waals surface area contributed by atoms with E-state index in [1.165, 1.54) is 44.0 Å². The topological polar surface area (TPSA) is 114 Å². The average molecular weight is 490 g/mol. The minimum atomic E-state index is -0.250. The van der Waals surface area contributed by atoms with Crippen molar-refractivity contribution < 1.29 is 24.5 Å². The van der Waals surface area contributed by atoms with Crippen molar-refractivity contribution >= 4 is 24.3 Å². The molecule has 196 valence electrons. The average Bonchev–Trinajstić information content (AvgIpc) is 3.23. The molecular formula is C27H43N3O5. The molecule has 2 aliphatic rings. The van der Waals surface area contributed by atoms with Crippen molar-refractivity contribution in [1.29, 1.82) is 0 Å². The lowest BCUT2D eigenvalue weighted by Gasteiger charge is -2.30. The van der Waals surface area contributed by atoms with E-state index in [0.717, 1.165) is 55.1 Å². The lowest BCUT2D eigenvalue weighted by molar-refractivity contribution is -0.122. The molecule has 1 aromatic carbocycles. The number of aryl methyl sites for hydroxylation is 1.